The van der Waals surface area contributed by atoms with Gasteiger partial charge in [0.1, 0.15) is 5.69 Å². The number of rotatable bonds is 6. The van der Waals surface area contributed by atoms with Crippen molar-refractivity contribution < 1.29 is 14.7 Å². The van der Waals surface area contributed by atoms with Crippen LogP contribution in [0.3, 0.4) is 0 Å². The third kappa shape index (κ3) is 4.10. The molecule has 0 saturated heterocycles. The molecule has 112 valence electrons. The second-order valence-electron chi connectivity index (χ2n) is 5.28. The van der Waals surface area contributed by atoms with Crippen LogP contribution < -0.4 is 0 Å². The van der Waals surface area contributed by atoms with Gasteiger partial charge in [-0.3, -0.25) is 9.59 Å². The molecule has 1 aromatic heterocycles. The van der Waals surface area contributed by atoms with Crippen molar-refractivity contribution in [1.29, 1.82) is 0 Å². The molecule has 0 bridgehead atoms. The van der Waals surface area contributed by atoms with Gasteiger partial charge in [-0.25, -0.2) is 0 Å². The number of aliphatic carboxylic acids is 1. The predicted octanol–water partition coefficient (Wildman–Crippen LogP) is 3.16. The Balaban J connectivity index is 3.03. The van der Waals surface area contributed by atoms with E-state index >= 15 is 0 Å². The van der Waals surface area contributed by atoms with Crippen molar-refractivity contribution in [3.8, 4) is 0 Å². The van der Waals surface area contributed by atoms with Gasteiger partial charge in [0.15, 0.2) is 0 Å². The fourth-order valence-electron chi connectivity index (χ4n) is 2.00. The first kappa shape index (κ1) is 16.8. The summed E-state index contributed by atoms with van der Waals surface area (Å²) >= 11 is 3.38. The predicted molar refractivity (Wildman–Crippen MR) is 80.9 cm³/mol. The van der Waals surface area contributed by atoms with Crippen LogP contribution in [-0.4, -0.2) is 39.0 Å². The van der Waals surface area contributed by atoms with E-state index in [0.717, 1.165) is 4.47 Å². The van der Waals surface area contributed by atoms with Crippen molar-refractivity contribution in [2.45, 2.75) is 46.2 Å². The molecule has 1 heterocycles. The Labute approximate surface area is 127 Å². The molecule has 0 unspecified atom stereocenters. The van der Waals surface area contributed by atoms with Crippen LogP contribution in [-0.2, 0) is 4.79 Å². The van der Waals surface area contributed by atoms with Crippen LogP contribution in [0.1, 0.15) is 50.6 Å². The molecule has 5 nitrogen and oxygen atoms in total. The van der Waals surface area contributed by atoms with E-state index in [9.17, 15) is 9.59 Å². The first-order valence-corrected chi connectivity index (χ1v) is 7.43. The number of halogens is 1. The third-order valence-corrected chi connectivity index (χ3v) is 3.48. The van der Waals surface area contributed by atoms with Crippen LogP contribution in [0.4, 0.5) is 0 Å². The summed E-state index contributed by atoms with van der Waals surface area (Å²) in [5, 5.41) is 8.79. The molecule has 0 radical (unpaired) electrons. The number of amides is 1. The molecule has 1 aromatic rings. The van der Waals surface area contributed by atoms with Crippen LogP contribution in [0.5, 0.6) is 0 Å². The highest BCUT2D eigenvalue weighted by Gasteiger charge is 2.23. The summed E-state index contributed by atoms with van der Waals surface area (Å²) in [7, 11) is 0. The van der Waals surface area contributed by atoms with E-state index in [2.05, 4.69) is 15.9 Å². The van der Waals surface area contributed by atoms with Gasteiger partial charge in [0.25, 0.3) is 5.91 Å². The summed E-state index contributed by atoms with van der Waals surface area (Å²) < 4.78 is 2.74. The Hall–Kier alpha value is -1.30. The van der Waals surface area contributed by atoms with Gasteiger partial charge in [-0.1, -0.05) is 0 Å². The van der Waals surface area contributed by atoms with Gasteiger partial charge >= 0.3 is 5.97 Å². The van der Waals surface area contributed by atoms with Crippen LogP contribution in [0.15, 0.2) is 16.7 Å². The van der Waals surface area contributed by atoms with E-state index in [1.807, 2.05) is 38.5 Å². The molecular formula is C14H21BrN2O3. The van der Waals surface area contributed by atoms with E-state index in [1.54, 1.807) is 11.0 Å². The molecule has 0 aromatic carbocycles. The molecule has 1 N–H and O–H groups in total. The number of nitrogens with zero attached hydrogens (tertiary/aromatic N) is 2. The smallest absolute Gasteiger partial charge is 0.305 e. The van der Waals surface area contributed by atoms with E-state index in [0.29, 0.717) is 5.69 Å². The van der Waals surface area contributed by atoms with Crippen LogP contribution in [0, 0.1) is 0 Å². The van der Waals surface area contributed by atoms with E-state index in [4.69, 9.17) is 5.11 Å². The maximum absolute atomic E-state index is 12.6. The molecule has 0 spiro atoms. The lowest BCUT2D eigenvalue weighted by atomic mass is 10.2. The Morgan fingerprint density at radius 1 is 1.35 bits per heavy atom. The molecule has 1 rings (SSSR count). The number of aromatic nitrogens is 1. The van der Waals surface area contributed by atoms with Gasteiger partial charge in [0.2, 0.25) is 0 Å². The number of carbonyl (C=O) groups excluding carboxylic acids is 1. The first-order valence-electron chi connectivity index (χ1n) is 6.64. The fraction of sp³-hybridized carbons (Fsp3) is 0.571. The zero-order chi connectivity index (χ0) is 15.4. The van der Waals surface area contributed by atoms with Crippen molar-refractivity contribution in [2.75, 3.05) is 6.54 Å². The van der Waals surface area contributed by atoms with Crippen LogP contribution in [0.25, 0.3) is 0 Å². The van der Waals surface area contributed by atoms with Crippen molar-refractivity contribution >= 4 is 27.8 Å². The Kier molecular flexibility index (Phi) is 5.80. The maximum atomic E-state index is 12.6. The molecule has 0 aliphatic rings. The van der Waals surface area contributed by atoms with Crippen molar-refractivity contribution in [3.63, 3.8) is 0 Å². The van der Waals surface area contributed by atoms with E-state index < -0.39 is 5.97 Å². The highest BCUT2D eigenvalue weighted by atomic mass is 79.9. The average Bonchev–Trinajstić information content (AvgIpc) is 2.70. The normalized spacial score (nSPS) is 11.2. The second-order valence-corrected chi connectivity index (χ2v) is 6.20. The fourth-order valence-corrected chi connectivity index (χ4v) is 2.44. The maximum Gasteiger partial charge on any atom is 0.305 e. The zero-order valence-electron chi connectivity index (χ0n) is 12.3. The Morgan fingerprint density at radius 3 is 2.40 bits per heavy atom. The van der Waals surface area contributed by atoms with Gasteiger partial charge in [-0.2, -0.15) is 0 Å². The zero-order valence-corrected chi connectivity index (χ0v) is 13.8. The number of hydrogen-bond donors (Lipinski definition) is 1. The number of carboxylic acid groups (broad SMARTS) is 1. The van der Waals surface area contributed by atoms with Crippen LogP contribution >= 0.6 is 15.9 Å². The van der Waals surface area contributed by atoms with Gasteiger partial charge in [-0.15, -0.1) is 0 Å². The largest absolute Gasteiger partial charge is 0.481 e. The minimum atomic E-state index is -0.899. The third-order valence-electron chi connectivity index (χ3n) is 3.04. The average molecular weight is 345 g/mol. The number of hydrogen-bond acceptors (Lipinski definition) is 2. The standard InChI is InChI=1S/C14H21BrN2O3/c1-9(2)16(6-5-13(18)19)14(20)12-7-11(15)8-17(12)10(3)4/h7-10H,5-6H2,1-4H3,(H,18,19). The Morgan fingerprint density at radius 2 is 1.95 bits per heavy atom. The topological polar surface area (TPSA) is 62.5 Å². The molecule has 0 aliphatic carbocycles. The monoisotopic (exact) mass is 344 g/mol. The summed E-state index contributed by atoms with van der Waals surface area (Å²) in [5.41, 5.74) is 0.575. The quantitative estimate of drug-likeness (QED) is 0.861. The molecular weight excluding hydrogens is 324 g/mol. The Bertz CT molecular complexity index is 495. The summed E-state index contributed by atoms with van der Waals surface area (Å²) in [6, 6.07) is 1.89. The molecule has 6 heteroatoms. The first-order chi connectivity index (χ1) is 9.23. The van der Waals surface area contributed by atoms with Gasteiger partial charge < -0.3 is 14.6 Å². The minimum Gasteiger partial charge on any atom is -0.481 e. The summed E-state index contributed by atoms with van der Waals surface area (Å²) in [4.78, 5) is 24.9. The molecule has 1 amide bonds. The van der Waals surface area contributed by atoms with Gasteiger partial charge in [-0.05, 0) is 49.7 Å². The molecule has 20 heavy (non-hydrogen) atoms. The SMILES string of the molecule is CC(C)N(CCC(=O)O)C(=O)c1cc(Br)cn1C(C)C. The highest BCUT2D eigenvalue weighted by molar-refractivity contribution is 9.10. The molecule has 0 atom stereocenters. The minimum absolute atomic E-state index is 0.0452. The summed E-state index contributed by atoms with van der Waals surface area (Å²) in [5.74, 6) is -1.04. The van der Waals surface area contributed by atoms with Crippen molar-refractivity contribution in [1.82, 2.24) is 9.47 Å². The highest BCUT2D eigenvalue weighted by Crippen LogP contribution is 2.21. The summed E-state index contributed by atoms with van der Waals surface area (Å²) in [6.45, 7) is 7.99. The summed E-state index contributed by atoms with van der Waals surface area (Å²) in [6.07, 6.45) is 1.82. The molecule has 0 saturated carbocycles. The van der Waals surface area contributed by atoms with E-state index in [1.165, 1.54) is 0 Å². The van der Waals surface area contributed by atoms with Gasteiger partial charge in [0, 0.05) is 29.3 Å². The number of carboxylic acids is 1. The number of carbonyl (C=O) groups is 2. The van der Waals surface area contributed by atoms with Crippen molar-refractivity contribution in [2.24, 2.45) is 0 Å². The molecule has 0 aliphatic heterocycles. The molecule has 0 fully saturated rings. The van der Waals surface area contributed by atoms with Gasteiger partial charge in [0.05, 0.1) is 6.42 Å². The van der Waals surface area contributed by atoms with E-state index in [-0.39, 0.29) is 31.0 Å². The lowest BCUT2D eigenvalue weighted by Gasteiger charge is -2.27. The lowest BCUT2D eigenvalue weighted by Crippen LogP contribution is -2.39. The van der Waals surface area contributed by atoms with Crippen LogP contribution in [0.2, 0.25) is 0 Å². The van der Waals surface area contributed by atoms with Crippen molar-refractivity contribution in [3.05, 3.63) is 22.4 Å². The lowest BCUT2D eigenvalue weighted by molar-refractivity contribution is -0.137. The second kappa shape index (κ2) is 6.92.